The Balaban J connectivity index is 2.12. The zero-order chi connectivity index (χ0) is 18.7. The lowest BCUT2D eigenvalue weighted by Crippen LogP contribution is -2.49. The van der Waals surface area contributed by atoms with Crippen molar-refractivity contribution in [2.24, 2.45) is 5.41 Å². The van der Waals surface area contributed by atoms with Crippen molar-refractivity contribution < 1.29 is 19.1 Å². The highest BCUT2D eigenvalue weighted by atomic mass is 16.6. The Labute approximate surface area is 150 Å². The Hall–Kier alpha value is -2.04. The van der Waals surface area contributed by atoms with Gasteiger partial charge in [0.15, 0.2) is 0 Å². The number of nitrogens with zero attached hydrogens (tertiary/aromatic N) is 1. The summed E-state index contributed by atoms with van der Waals surface area (Å²) in [6, 6.07) is 8.09. The molecule has 0 radical (unpaired) electrons. The molecule has 0 spiro atoms. The summed E-state index contributed by atoms with van der Waals surface area (Å²) in [6.45, 7) is 8.60. The van der Waals surface area contributed by atoms with Gasteiger partial charge in [-0.2, -0.15) is 0 Å². The van der Waals surface area contributed by atoms with Crippen LogP contribution in [0.2, 0.25) is 0 Å². The minimum absolute atomic E-state index is 0.195. The molecule has 0 aromatic heterocycles. The van der Waals surface area contributed by atoms with Gasteiger partial charge in [-0.1, -0.05) is 24.3 Å². The van der Waals surface area contributed by atoms with Crippen molar-refractivity contribution in [1.82, 2.24) is 4.90 Å². The predicted octanol–water partition coefficient (Wildman–Crippen LogP) is 3.73. The van der Waals surface area contributed by atoms with E-state index >= 15 is 0 Å². The van der Waals surface area contributed by atoms with Gasteiger partial charge in [0.05, 0.1) is 12.5 Å². The molecule has 1 amide bonds. The molecule has 25 heavy (non-hydrogen) atoms. The molecule has 0 aliphatic carbocycles. The van der Waals surface area contributed by atoms with E-state index in [1.54, 1.807) is 4.90 Å². The van der Waals surface area contributed by atoms with E-state index in [0.717, 1.165) is 5.56 Å². The van der Waals surface area contributed by atoms with Gasteiger partial charge in [-0.05, 0) is 58.1 Å². The molecule has 1 fully saturated rings. The molecule has 138 valence electrons. The molecule has 0 unspecified atom stereocenters. The SMILES string of the molecule is COC(=O)C1(Cc2ccccc2C)CCN(C(=O)OC(C)(C)C)CC1. The van der Waals surface area contributed by atoms with E-state index < -0.39 is 11.0 Å². The topological polar surface area (TPSA) is 55.8 Å². The lowest BCUT2D eigenvalue weighted by atomic mass is 9.73. The molecule has 5 heteroatoms. The summed E-state index contributed by atoms with van der Waals surface area (Å²) in [4.78, 5) is 26.5. The first-order valence-corrected chi connectivity index (χ1v) is 8.78. The van der Waals surface area contributed by atoms with E-state index in [9.17, 15) is 9.59 Å². The van der Waals surface area contributed by atoms with Crippen LogP contribution in [-0.4, -0.2) is 42.8 Å². The zero-order valence-corrected chi connectivity index (χ0v) is 15.9. The minimum atomic E-state index is -0.584. The second-order valence-electron chi connectivity index (χ2n) is 7.84. The average Bonchev–Trinajstić information content (AvgIpc) is 2.55. The number of ether oxygens (including phenoxy) is 2. The smallest absolute Gasteiger partial charge is 0.410 e. The Bertz CT molecular complexity index is 625. The van der Waals surface area contributed by atoms with Crippen LogP contribution in [0.25, 0.3) is 0 Å². The molecule has 1 aromatic rings. The highest BCUT2D eigenvalue weighted by Crippen LogP contribution is 2.37. The Morgan fingerprint density at radius 1 is 1.16 bits per heavy atom. The van der Waals surface area contributed by atoms with Gasteiger partial charge >= 0.3 is 12.1 Å². The van der Waals surface area contributed by atoms with Gasteiger partial charge in [0.25, 0.3) is 0 Å². The van der Waals surface area contributed by atoms with Crippen LogP contribution in [0.1, 0.15) is 44.7 Å². The van der Waals surface area contributed by atoms with Crippen molar-refractivity contribution >= 4 is 12.1 Å². The van der Waals surface area contributed by atoms with Gasteiger partial charge in [0.2, 0.25) is 0 Å². The molecule has 1 aliphatic heterocycles. The summed E-state index contributed by atoms with van der Waals surface area (Å²) in [5.74, 6) is -0.195. The van der Waals surface area contributed by atoms with Gasteiger partial charge < -0.3 is 14.4 Å². The second kappa shape index (κ2) is 7.46. The van der Waals surface area contributed by atoms with Crippen molar-refractivity contribution in [2.75, 3.05) is 20.2 Å². The Kier molecular flexibility index (Phi) is 5.76. The van der Waals surface area contributed by atoms with E-state index in [4.69, 9.17) is 9.47 Å². The van der Waals surface area contributed by atoms with Crippen molar-refractivity contribution in [1.29, 1.82) is 0 Å². The number of esters is 1. The van der Waals surface area contributed by atoms with Crippen molar-refractivity contribution in [3.05, 3.63) is 35.4 Å². The monoisotopic (exact) mass is 347 g/mol. The van der Waals surface area contributed by atoms with Crippen molar-refractivity contribution in [3.8, 4) is 0 Å². The number of piperidine rings is 1. The molecular weight excluding hydrogens is 318 g/mol. The molecule has 2 rings (SSSR count). The molecule has 0 bridgehead atoms. The third-order valence-electron chi connectivity index (χ3n) is 4.78. The summed E-state index contributed by atoms with van der Waals surface area (Å²) in [5.41, 5.74) is 1.22. The largest absolute Gasteiger partial charge is 0.469 e. The van der Waals surface area contributed by atoms with Crippen LogP contribution in [0.5, 0.6) is 0 Å². The maximum atomic E-state index is 12.6. The first-order chi connectivity index (χ1) is 11.7. The highest BCUT2D eigenvalue weighted by Gasteiger charge is 2.44. The maximum Gasteiger partial charge on any atom is 0.410 e. The van der Waals surface area contributed by atoms with E-state index in [2.05, 4.69) is 19.1 Å². The number of amides is 1. The molecule has 0 N–H and O–H groups in total. The van der Waals surface area contributed by atoms with Crippen LogP contribution >= 0.6 is 0 Å². The summed E-state index contributed by atoms with van der Waals surface area (Å²) in [6.07, 6.45) is 1.47. The number of carbonyl (C=O) groups is 2. The number of likely N-dealkylation sites (tertiary alicyclic amines) is 1. The molecule has 1 heterocycles. The second-order valence-corrected chi connectivity index (χ2v) is 7.84. The number of methoxy groups -OCH3 is 1. The lowest BCUT2D eigenvalue weighted by Gasteiger charge is -2.40. The maximum absolute atomic E-state index is 12.6. The quantitative estimate of drug-likeness (QED) is 0.782. The number of benzene rings is 1. The van der Waals surface area contributed by atoms with Crippen LogP contribution in [-0.2, 0) is 20.7 Å². The standard InChI is InChI=1S/C20H29NO4/c1-15-8-6-7-9-16(15)14-20(17(22)24-5)10-12-21(13-11-20)18(23)25-19(2,3)4/h6-9H,10-14H2,1-5H3. The summed E-state index contributed by atoms with van der Waals surface area (Å²) in [7, 11) is 1.43. The number of rotatable bonds is 3. The number of hydrogen-bond donors (Lipinski definition) is 0. The van der Waals surface area contributed by atoms with E-state index in [0.29, 0.717) is 32.4 Å². The fourth-order valence-corrected chi connectivity index (χ4v) is 3.29. The Morgan fingerprint density at radius 2 is 1.76 bits per heavy atom. The van der Waals surface area contributed by atoms with Gasteiger partial charge in [-0.3, -0.25) is 4.79 Å². The van der Waals surface area contributed by atoms with E-state index in [1.165, 1.54) is 12.7 Å². The number of hydrogen-bond acceptors (Lipinski definition) is 4. The summed E-state index contributed by atoms with van der Waals surface area (Å²) in [5, 5.41) is 0. The average molecular weight is 347 g/mol. The van der Waals surface area contributed by atoms with E-state index in [1.807, 2.05) is 32.9 Å². The van der Waals surface area contributed by atoms with Crippen molar-refractivity contribution in [2.45, 2.75) is 52.6 Å². The molecule has 1 aliphatic rings. The normalized spacial score (nSPS) is 17.1. The third kappa shape index (κ3) is 4.74. The fourth-order valence-electron chi connectivity index (χ4n) is 3.29. The molecule has 0 atom stereocenters. The van der Waals surface area contributed by atoms with Crippen LogP contribution in [0.15, 0.2) is 24.3 Å². The molecule has 1 aromatic carbocycles. The van der Waals surface area contributed by atoms with Crippen LogP contribution in [0, 0.1) is 12.3 Å². The minimum Gasteiger partial charge on any atom is -0.469 e. The lowest BCUT2D eigenvalue weighted by molar-refractivity contribution is -0.155. The fraction of sp³-hybridized carbons (Fsp3) is 0.600. The van der Waals surface area contributed by atoms with Crippen LogP contribution in [0.4, 0.5) is 4.79 Å². The predicted molar refractivity (Wildman–Crippen MR) is 96.4 cm³/mol. The number of carbonyl (C=O) groups excluding carboxylic acids is 2. The molecule has 1 saturated heterocycles. The van der Waals surface area contributed by atoms with Crippen LogP contribution < -0.4 is 0 Å². The molecular formula is C20H29NO4. The molecule has 0 saturated carbocycles. The Morgan fingerprint density at radius 3 is 2.28 bits per heavy atom. The van der Waals surface area contributed by atoms with Gasteiger partial charge in [0, 0.05) is 13.1 Å². The summed E-state index contributed by atoms with van der Waals surface area (Å²) >= 11 is 0. The highest BCUT2D eigenvalue weighted by molar-refractivity contribution is 5.78. The third-order valence-corrected chi connectivity index (χ3v) is 4.78. The number of aryl methyl sites for hydroxylation is 1. The molecule has 5 nitrogen and oxygen atoms in total. The van der Waals surface area contributed by atoms with Gasteiger partial charge in [-0.15, -0.1) is 0 Å². The summed E-state index contributed by atoms with van der Waals surface area (Å²) < 4.78 is 10.5. The van der Waals surface area contributed by atoms with Gasteiger partial charge in [-0.25, -0.2) is 4.79 Å². The van der Waals surface area contributed by atoms with E-state index in [-0.39, 0.29) is 12.1 Å². The first-order valence-electron chi connectivity index (χ1n) is 8.78. The first kappa shape index (κ1) is 19.3. The van der Waals surface area contributed by atoms with Crippen LogP contribution in [0.3, 0.4) is 0 Å². The zero-order valence-electron chi connectivity index (χ0n) is 15.9. The van der Waals surface area contributed by atoms with Gasteiger partial charge in [0.1, 0.15) is 5.60 Å². The van der Waals surface area contributed by atoms with Crippen molar-refractivity contribution in [3.63, 3.8) is 0 Å².